The Morgan fingerprint density at radius 2 is 1.94 bits per heavy atom. The molecular formula is C15H18N2O. The second-order valence-electron chi connectivity index (χ2n) is 5.41. The van der Waals surface area contributed by atoms with E-state index in [2.05, 4.69) is 10.3 Å². The number of carbonyl (C=O) groups is 1. The number of carbonyl (C=O) groups excluding carboxylic acids is 1. The summed E-state index contributed by atoms with van der Waals surface area (Å²) in [5, 5.41) is 4.21. The van der Waals surface area contributed by atoms with Crippen LogP contribution in [0.3, 0.4) is 0 Å². The van der Waals surface area contributed by atoms with Gasteiger partial charge >= 0.3 is 0 Å². The molecule has 0 amide bonds. The van der Waals surface area contributed by atoms with Crippen molar-refractivity contribution in [2.45, 2.75) is 26.3 Å². The minimum atomic E-state index is -0.0618. The van der Waals surface area contributed by atoms with Crippen LogP contribution in [0.5, 0.6) is 0 Å². The Labute approximate surface area is 107 Å². The molecule has 0 unspecified atom stereocenters. The Kier molecular flexibility index (Phi) is 3.43. The van der Waals surface area contributed by atoms with E-state index in [4.69, 9.17) is 0 Å². The Hall–Kier alpha value is -1.74. The maximum absolute atomic E-state index is 12.2. The van der Waals surface area contributed by atoms with Crippen LogP contribution in [0.15, 0.2) is 36.5 Å². The van der Waals surface area contributed by atoms with Crippen LogP contribution in [0, 0.1) is 0 Å². The van der Waals surface area contributed by atoms with E-state index in [1.54, 1.807) is 6.20 Å². The molecule has 0 bridgehead atoms. The maximum atomic E-state index is 12.2. The molecule has 2 aromatic rings. The van der Waals surface area contributed by atoms with E-state index in [1.165, 1.54) is 0 Å². The number of para-hydroxylation sites is 1. The SMILES string of the molecule is CC(C)(C)NCC(=O)c1cccc2cccnc12. The molecule has 1 aromatic heterocycles. The number of pyridine rings is 1. The highest BCUT2D eigenvalue weighted by atomic mass is 16.1. The Bertz CT molecular complexity index is 565. The van der Waals surface area contributed by atoms with Crippen molar-refractivity contribution in [3.05, 3.63) is 42.1 Å². The Morgan fingerprint density at radius 1 is 1.22 bits per heavy atom. The average Bonchev–Trinajstić information content (AvgIpc) is 2.34. The second kappa shape index (κ2) is 4.86. The first-order chi connectivity index (χ1) is 8.47. The van der Waals surface area contributed by atoms with E-state index in [-0.39, 0.29) is 11.3 Å². The molecule has 0 atom stereocenters. The molecule has 0 saturated heterocycles. The van der Waals surface area contributed by atoms with Crippen LogP contribution >= 0.6 is 0 Å². The molecule has 1 N–H and O–H groups in total. The average molecular weight is 242 g/mol. The summed E-state index contributed by atoms with van der Waals surface area (Å²) in [6.07, 6.45) is 1.72. The molecule has 94 valence electrons. The van der Waals surface area contributed by atoms with Gasteiger partial charge in [-0.05, 0) is 32.9 Å². The lowest BCUT2D eigenvalue weighted by Gasteiger charge is -2.20. The predicted molar refractivity (Wildman–Crippen MR) is 73.8 cm³/mol. The van der Waals surface area contributed by atoms with E-state index in [0.717, 1.165) is 10.9 Å². The number of aromatic nitrogens is 1. The van der Waals surface area contributed by atoms with E-state index < -0.39 is 0 Å². The van der Waals surface area contributed by atoms with Gasteiger partial charge in [-0.15, -0.1) is 0 Å². The Morgan fingerprint density at radius 3 is 2.67 bits per heavy atom. The van der Waals surface area contributed by atoms with Crippen LogP contribution in [-0.4, -0.2) is 22.9 Å². The minimum Gasteiger partial charge on any atom is -0.305 e. The maximum Gasteiger partial charge on any atom is 0.178 e. The minimum absolute atomic E-state index is 0.0618. The van der Waals surface area contributed by atoms with Gasteiger partial charge in [-0.1, -0.05) is 18.2 Å². The highest BCUT2D eigenvalue weighted by molar-refractivity contribution is 6.07. The normalized spacial score (nSPS) is 11.7. The summed E-state index contributed by atoms with van der Waals surface area (Å²) in [7, 11) is 0. The van der Waals surface area contributed by atoms with Crippen LogP contribution in [0.25, 0.3) is 10.9 Å². The number of ketones is 1. The van der Waals surface area contributed by atoms with Crippen molar-refractivity contribution in [3.8, 4) is 0 Å². The summed E-state index contributed by atoms with van der Waals surface area (Å²) in [6, 6.07) is 9.55. The molecule has 0 spiro atoms. The highest BCUT2D eigenvalue weighted by Gasteiger charge is 2.14. The van der Waals surface area contributed by atoms with Gasteiger partial charge in [0.15, 0.2) is 5.78 Å². The van der Waals surface area contributed by atoms with Crippen molar-refractivity contribution >= 4 is 16.7 Å². The van der Waals surface area contributed by atoms with Gasteiger partial charge < -0.3 is 5.32 Å². The van der Waals surface area contributed by atoms with Crippen LogP contribution < -0.4 is 5.32 Å². The van der Waals surface area contributed by atoms with Crippen molar-refractivity contribution in [1.29, 1.82) is 0 Å². The van der Waals surface area contributed by atoms with E-state index in [1.807, 2.05) is 51.1 Å². The van der Waals surface area contributed by atoms with Crippen LogP contribution in [0.4, 0.5) is 0 Å². The number of hydrogen-bond acceptors (Lipinski definition) is 3. The lowest BCUT2D eigenvalue weighted by atomic mass is 10.0. The summed E-state index contributed by atoms with van der Waals surface area (Å²) in [5.74, 6) is 0.0780. The van der Waals surface area contributed by atoms with Crippen molar-refractivity contribution < 1.29 is 4.79 Å². The fraction of sp³-hybridized carbons (Fsp3) is 0.333. The highest BCUT2D eigenvalue weighted by Crippen LogP contribution is 2.16. The summed E-state index contributed by atoms with van der Waals surface area (Å²) in [4.78, 5) is 16.5. The molecule has 0 fully saturated rings. The van der Waals surface area contributed by atoms with Gasteiger partial charge in [-0.3, -0.25) is 9.78 Å². The standard InChI is InChI=1S/C15H18N2O/c1-15(2,3)17-10-13(18)12-8-4-6-11-7-5-9-16-14(11)12/h4-9,17H,10H2,1-3H3. The third kappa shape index (κ3) is 2.93. The number of benzene rings is 1. The van der Waals surface area contributed by atoms with Crippen molar-refractivity contribution in [2.24, 2.45) is 0 Å². The molecule has 0 saturated carbocycles. The first kappa shape index (κ1) is 12.7. The number of nitrogens with zero attached hydrogens (tertiary/aromatic N) is 1. The molecule has 18 heavy (non-hydrogen) atoms. The number of nitrogens with one attached hydrogen (secondary N) is 1. The van der Waals surface area contributed by atoms with Gasteiger partial charge in [0.2, 0.25) is 0 Å². The van der Waals surface area contributed by atoms with Crippen LogP contribution in [0.2, 0.25) is 0 Å². The zero-order valence-electron chi connectivity index (χ0n) is 11.0. The lowest BCUT2D eigenvalue weighted by Crippen LogP contribution is -2.39. The first-order valence-electron chi connectivity index (χ1n) is 6.09. The summed E-state index contributed by atoms with van der Waals surface area (Å²) < 4.78 is 0. The lowest BCUT2D eigenvalue weighted by molar-refractivity contribution is 0.0983. The van der Waals surface area contributed by atoms with Crippen molar-refractivity contribution in [1.82, 2.24) is 10.3 Å². The number of Topliss-reactive ketones (excluding diaryl/α,β-unsaturated/α-hetero) is 1. The third-order valence-electron chi connectivity index (χ3n) is 2.71. The second-order valence-corrected chi connectivity index (χ2v) is 5.41. The molecule has 0 radical (unpaired) electrons. The smallest absolute Gasteiger partial charge is 0.178 e. The topological polar surface area (TPSA) is 42.0 Å². The van der Waals surface area contributed by atoms with Crippen molar-refractivity contribution in [3.63, 3.8) is 0 Å². The summed E-state index contributed by atoms with van der Waals surface area (Å²) in [5.41, 5.74) is 1.40. The summed E-state index contributed by atoms with van der Waals surface area (Å²) >= 11 is 0. The predicted octanol–water partition coefficient (Wildman–Crippen LogP) is 2.81. The largest absolute Gasteiger partial charge is 0.305 e. The zero-order chi connectivity index (χ0) is 13.2. The molecule has 0 aliphatic heterocycles. The van der Waals surface area contributed by atoms with Gasteiger partial charge in [0.05, 0.1) is 12.1 Å². The molecule has 3 heteroatoms. The molecular weight excluding hydrogens is 224 g/mol. The van der Waals surface area contributed by atoms with Gasteiger partial charge in [0.25, 0.3) is 0 Å². The molecule has 0 aliphatic rings. The van der Waals surface area contributed by atoms with Gasteiger partial charge in [0, 0.05) is 22.7 Å². The Balaban J connectivity index is 2.28. The molecule has 1 heterocycles. The van der Waals surface area contributed by atoms with E-state index in [0.29, 0.717) is 12.1 Å². The fourth-order valence-electron chi connectivity index (χ4n) is 1.77. The fourth-order valence-corrected chi connectivity index (χ4v) is 1.77. The number of fused-ring (bicyclic) bond motifs is 1. The number of hydrogen-bond donors (Lipinski definition) is 1. The zero-order valence-corrected chi connectivity index (χ0v) is 11.0. The quantitative estimate of drug-likeness (QED) is 0.841. The third-order valence-corrected chi connectivity index (χ3v) is 2.71. The molecule has 2 rings (SSSR count). The number of rotatable bonds is 3. The van der Waals surface area contributed by atoms with Crippen LogP contribution in [-0.2, 0) is 0 Å². The van der Waals surface area contributed by atoms with Crippen molar-refractivity contribution in [2.75, 3.05) is 6.54 Å². The van der Waals surface area contributed by atoms with E-state index >= 15 is 0 Å². The summed E-state index contributed by atoms with van der Waals surface area (Å²) in [6.45, 7) is 6.46. The monoisotopic (exact) mass is 242 g/mol. The molecule has 3 nitrogen and oxygen atoms in total. The van der Waals surface area contributed by atoms with Gasteiger partial charge in [-0.2, -0.15) is 0 Å². The molecule has 0 aliphatic carbocycles. The molecule has 1 aromatic carbocycles. The van der Waals surface area contributed by atoms with Gasteiger partial charge in [-0.25, -0.2) is 0 Å². The van der Waals surface area contributed by atoms with E-state index in [9.17, 15) is 4.79 Å². The van der Waals surface area contributed by atoms with Crippen LogP contribution in [0.1, 0.15) is 31.1 Å². The van der Waals surface area contributed by atoms with Gasteiger partial charge in [0.1, 0.15) is 0 Å². The first-order valence-corrected chi connectivity index (χ1v) is 6.09.